The van der Waals surface area contributed by atoms with Gasteiger partial charge in [0.15, 0.2) is 0 Å². The Hall–Kier alpha value is -1.81. The molecule has 1 aromatic carbocycles. The molecule has 0 saturated heterocycles. The third-order valence-electron chi connectivity index (χ3n) is 3.40. The molecule has 1 N–H and O–H groups in total. The maximum atomic E-state index is 10.4. The second-order valence-corrected chi connectivity index (χ2v) is 4.82. The first kappa shape index (κ1) is 13.6. The van der Waals surface area contributed by atoms with E-state index in [1.54, 1.807) is 13.3 Å². The molecule has 4 nitrogen and oxygen atoms in total. The van der Waals surface area contributed by atoms with Crippen LogP contribution in [0.15, 0.2) is 36.7 Å². The molecule has 0 spiro atoms. The summed E-state index contributed by atoms with van der Waals surface area (Å²) < 4.78 is 7.17. The van der Waals surface area contributed by atoms with E-state index in [0.717, 1.165) is 23.7 Å². The maximum Gasteiger partial charge on any atom is 0.118 e. The Balaban J connectivity index is 2.05. The van der Waals surface area contributed by atoms with E-state index in [9.17, 15) is 5.11 Å². The second-order valence-electron chi connectivity index (χ2n) is 4.82. The SMILES string of the molecule is COc1ccc(C(O)C(C)Cn2ccnc2C)cc1. The van der Waals surface area contributed by atoms with Gasteiger partial charge in [-0.25, -0.2) is 4.98 Å². The number of hydrogen-bond donors (Lipinski definition) is 1. The number of methoxy groups -OCH3 is 1. The summed E-state index contributed by atoms with van der Waals surface area (Å²) in [6, 6.07) is 7.54. The summed E-state index contributed by atoms with van der Waals surface area (Å²) in [5.41, 5.74) is 0.908. The molecule has 2 aromatic rings. The van der Waals surface area contributed by atoms with Gasteiger partial charge in [-0.3, -0.25) is 0 Å². The van der Waals surface area contributed by atoms with Gasteiger partial charge >= 0.3 is 0 Å². The number of aromatic nitrogens is 2. The fraction of sp³-hybridized carbons (Fsp3) is 0.400. The predicted octanol–water partition coefficient (Wildman–Crippen LogP) is 2.57. The lowest BCUT2D eigenvalue weighted by Crippen LogP contribution is -2.16. The lowest BCUT2D eigenvalue weighted by molar-refractivity contribution is 0.107. The molecule has 0 radical (unpaired) electrons. The topological polar surface area (TPSA) is 47.3 Å². The minimum atomic E-state index is -0.493. The minimum Gasteiger partial charge on any atom is -0.497 e. The third-order valence-corrected chi connectivity index (χ3v) is 3.40. The van der Waals surface area contributed by atoms with Crippen LogP contribution in [0.1, 0.15) is 24.4 Å². The van der Waals surface area contributed by atoms with Crippen molar-refractivity contribution in [2.45, 2.75) is 26.5 Å². The molecular weight excluding hydrogens is 240 g/mol. The average molecular weight is 260 g/mol. The van der Waals surface area contributed by atoms with E-state index in [2.05, 4.69) is 9.55 Å². The molecule has 1 heterocycles. The first-order valence-electron chi connectivity index (χ1n) is 6.41. The van der Waals surface area contributed by atoms with Gasteiger partial charge in [0.2, 0.25) is 0 Å². The summed E-state index contributed by atoms with van der Waals surface area (Å²) in [5.74, 6) is 1.88. The molecule has 2 atom stereocenters. The monoisotopic (exact) mass is 260 g/mol. The number of aryl methyl sites for hydroxylation is 1. The lowest BCUT2D eigenvalue weighted by Gasteiger charge is -2.20. The zero-order valence-corrected chi connectivity index (χ0v) is 11.6. The lowest BCUT2D eigenvalue weighted by atomic mass is 9.97. The number of aliphatic hydroxyl groups is 1. The van der Waals surface area contributed by atoms with Crippen molar-refractivity contribution >= 4 is 0 Å². The number of aliphatic hydroxyl groups excluding tert-OH is 1. The smallest absolute Gasteiger partial charge is 0.118 e. The summed E-state index contributed by atoms with van der Waals surface area (Å²) in [6.07, 6.45) is 3.22. The van der Waals surface area contributed by atoms with Crippen LogP contribution in [0.3, 0.4) is 0 Å². The van der Waals surface area contributed by atoms with Gasteiger partial charge in [-0.15, -0.1) is 0 Å². The van der Waals surface area contributed by atoms with Crippen LogP contribution in [0.5, 0.6) is 5.75 Å². The van der Waals surface area contributed by atoms with Crippen molar-refractivity contribution < 1.29 is 9.84 Å². The molecular formula is C15H20N2O2. The number of benzene rings is 1. The van der Waals surface area contributed by atoms with Gasteiger partial charge in [-0.05, 0) is 24.6 Å². The van der Waals surface area contributed by atoms with Gasteiger partial charge in [-0.1, -0.05) is 19.1 Å². The summed E-state index contributed by atoms with van der Waals surface area (Å²) in [5, 5.41) is 10.4. The van der Waals surface area contributed by atoms with Gasteiger partial charge in [0, 0.05) is 24.9 Å². The molecule has 0 fully saturated rings. The molecule has 2 rings (SSSR count). The molecule has 0 amide bonds. The van der Waals surface area contributed by atoms with Gasteiger partial charge in [0.05, 0.1) is 13.2 Å². The Kier molecular flexibility index (Phi) is 4.22. The van der Waals surface area contributed by atoms with Crippen LogP contribution in [-0.2, 0) is 6.54 Å². The third kappa shape index (κ3) is 3.15. The molecule has 102 valence electrons. The van der Waals surface area contributed by atoms with Crippen molar-refractivity contribution in [2.75, 3.05) is 7.11 Å². The quantitative estimate of drug-likeness (QED) is 0.898. The van der Waals surface area contributed by atoms with Gasteiger partial charge in [-0.2, -0.15) is 0 Å². The van der Waals surface area contributed by atoms with E-state index in [4.69, 9.17) is 4.74 Å². The molecule has 1 aromatic heterocycles. The van der Waals surface area contributed by atoms with Crippen LogP contribution in [-0.4, -0.2) is 21.8 Å². The van der Waals surface area contributed by atoms with Crippen molar-refractivity contribution in [2.24, 2.45) is 5.92 Å². The number of nitrogens with zero attached hydrogens (tertiary/aromatic N) is 2. The Morgan fingerprint density at radius 2 is 2.00 bits per heavy atom. The number of rotatable bonds is 5. The van der Waals surface area contributed by atoms with E-state index >= 15 is 0 Å². The summed E-state index contributed by atoms with van der Waals surface area (Å²) in [4.78, 5) is 4.19. The fourth-order valence-corrected chi connectivity index (χ4v) is 2.14. The highest BCUT2D eigenvalue weighted by atomic mass is 16.5. The van der Waals surface area contributed by atoms with E-state index in [1.807, 2.05) is 44.3 Å². The maximum absolute atomic E-state index is 10.4. The van der Waals surface area contributed by atoms with Crippen molar-refractivity contribution in [3.05, 3.63) is 48.0 Å². The number of ether oxygens (including phenoxy) is 1. The zero-order chi connectivity index (χ0) is 13.8. The van der Waals surface area contributed by atoms with E-state index < -0.39 is 6.10 Å². The fourth-order valence-electron chi connectivity index (χ4n) is 2.14. The van der Waals surface area contributed by atoms with Gasteiger partial charge in [0.1, 0.15) is 11.6 Å². The molecule has 0 bridgehead atoms. The van der Waals surface area contributed by atoms with Gasteiger partial charge < -0.3 is 14.4 Å². The number of imidazole rings is 1. The van der Waals surface area contributed by atoms with Crippen LogP contribution in [0, 0.1) is 12.8 Å². The minimum absolute atomic E-state index is 0.112. The molecule has 2 unspecified atom stereocenters. The highest BCUT2D eigenvalue weighted by Crippen LogP contribution is 2.25. The molecule has 0 aliphatic rings. The summed E-state index contributed by atoms with van der Waals surface area (Å²) in [6.45, 7) is 4.75. The Morgan fingerprint density at radius 3 is 2.53 bits per heavy atom. The molecule has 0 aliphatic carbocycles. The van der Waals surface area contributed by atoms with E-state index in [1.165, 1.54) is 0 Å². The van der Waals surface area contributed by atoms with Crippen molar-refractivity contribution in [1.29, 1.82) is 0 Å². The Labute approximate surface area is 113 Å². The highest BCUT2D eigenvalue weighted by molar-refractivity contribution is 5.28. The van der Waals surface area contributed by atoms with E-state index in [-0.39, 0.29) is 5.92 Å². The number of hydrogen-bond acceptors (Lipinski definition) is 3. The standard InChI is InChI=1S/C15H20N2O2/c1-11(10-17-9-8-16-12(17)2)15(18)13-4-6-14(19-3)7-5-13/h4-9,11,15,18H,10H2,1-3H3. The average Bonchev–Trinajstić information content (AvgIpc) is 2.83. The first-order valence-corrected chi connectivity index (χ1v) is 6.41. The largest absolute Gasteiger partial charge is 0.497 e. The first-order chi connectivity index (χ1) is 9.11. The van der Waals surface area contributed by atoms with Crippen molar-refractivity contribution in [3.8, 4) is 5.75 Å². The van der Waals surface area contributed by atoms with Gasteiger partial charge in [0.25, 0.3) is 0 Å². The zero-order valence-electron chi connectivity index (χ0n) is 11.6. The van der Waals surface area contributed by atoms with Crippen LogP contribution >= 0.6 is 0 Å². The summed E-state index contributed by atoms with van der Waals surface area (Å²) in [7, 11) is 1.63. The second kappa shape index (κ2) is 5.89. The van der Waals surface area contributed by atoms with Crippen LogP contribution in [0.2, 0.25) is 0 Å². The Morgan fingerprint density at radius 1 is 1.32 bits per heavy atom. The molecule has 0 saturated carbocycles. The highest BCUT2D eigenvalue weighted by Gasteiger charge is 2.17. The van der Waals surface area contributed by atoms with Crippen molar-refractivity contribution in [3.63, 3.8) is 0 Å². The van der Waals surface area contributed by atoms with Crippen LogP contribution in [0.4, 0.5) is 0 Å². The normalized spacial score (nSPS) is 14.1. The van der Waals surface area contributed by atoms with Crippen molar-refractivity contribution in [1.82, 2.24) is 9.55 Å². The predicted molar refractivity (Wildman–Crippen MR) is 74.1 cm³/mol. The molecule has 19 heavy (non-hydrogen) atoms. The van der Waals surface area contributed by atoms with E-state index in [0.29, 0.717) is 0 Å². The van der Waals surface area contributed by atoms with Crippen LogP contribution < -0.4 is 4.74 Å². The van der Waals surface area contributed by atoms with Crippen LogP contribution in [0.25, 0.3) is 0 Å². The Bertz CT molecular complexity index is 519. The summed E-state index contributed by atoms with van der Waals surface area (Å²) >= 11 is 0. The molecule has 0 aliphatic heterocycles. The molecule has 4 heteroatoms.